The second-order valence-electron chi connectivity index (χ2n) is 8.14. The van der Waals surface area contributed by atoms with E-state index in [1.54, 1.807) is 7.11 Å². The van der Waals surface area contributed by atoms with Crippen LogP contribution in [0.3, 0.4) is 0 Å². The average molecular weight is 408 g/mol. The first-order chi connectivity index (χ1) is 15.1. The summed E-state index contributed by atoms with van der Waals surface area (Å²) >= 11 is 0. The topological polar surface area (TPSA) is 35.5 Å². The van der Waals surface area contributed by atoms with E-state index in [1.165, 1.54) is 11.1 Å². The number of hydrogen-bond acceptors (Lipinski definition) is 3. The van der Waals surface area contributed by atoms with E-state index in [1.807, 2.05) is 50.2 Å². The largest absolute Gasteiger partial charge is 0.496 e. The summed E-state index contributed by atoms with van der Waals surface area (Å²) in [5, 5.41) is 2.15. The molecule has 0 spiro atoms. The van der Waals surface area contributed by atoms with Crippen molar-refractivity contribution in [2.75, 3.05) is 7.11 Å². The van der Waals surface area contributed by atoms with E-state index < -0.39 is 0 Å². The highest BCUT2D eigenvalue weighted by Crippen LogP contribution is 2.53. The van der Waals surface area contributed by atoms with Crippen molar-refractivity contribution in [3.05, 3.63) is 101 Å². The van der Waals surface area contributed by atoms with Gasteiger partial charge in [0.15, 0.2) is 0 Å². The van der Waals surface area contributed by atoms with Gasteiger partial charge in [-0.2, -0.15) is 0 Å². The molecule has 0 aromatic heterocycles. The quantitative estimate of drug-likeness (QED) is 0.315. The number of carbonyl (C=O) groups excluding carboxylic acids is 1. The summed E-state index contributed by atoms with van der Waals surface area (Å²) in [5.74, 6) is 0.412. The maximum atomic E-state index is 13.2. The number of methoxy groups -OCH3 is 1. The molecule has 0 N–H and O–H groups in total. The van der Waals surface area contributed by atoms with Crippen molar-refractivity contribution < 1.29 is 14.3 Å². The van der Waals surface area contributed by atoms with Crippen molar-refractivity contribution in [3.8, 4) is 16.9 Å². The van der Waals surface area contributed by atoms with Gasteiger partial charge in [0, 0.05) is 11.5 Å². The Labute approximate surface area is 182 Å². The molecule has 4 aromatic rings. The Bertz CT molecular complexity index is 1300. The smallest absolute Gasteiger partial charge is 0.338 e. The van der Waals surface area contributed by atoms with Gasteiger partial charge in [0.25, 0.3) is 0 Å². The van der Waals surface area contributed by atoms with Crippen molar-refractivity contribution in [3.63, 3.8) is 0 Å². The minimum Gasteiger partial charge on any atom is -0.496 e. The molecular formula is C28H24O3. The van der Waals surface area contributed by atoms with E-state index in [0.717, 1.165) is 33.2 Å². The molecule has 154 valence electrons. The van der Waals surface area contributed by atoms with E-state index in [4.69, 9.17) is 9.47 Å². The molecule has 31 heavy (non-hydrogen) atoms. The number of esters is 1. The number of carbonyl (C=O) groups is 1. The third-order valence-corrected chi connectivity index (χ3v) is 5.96. The monoisotopic (exact) mass is 408 g/mol. The minimum atomic E-state index is -0.295. The molecule has 1 aliphatic rings. The van der Waals surface area contributed by atoms with Crippen molar-refractivity contribution in [1.82, 2.24) is 0 Å². The molecule has 0 radical (unpaired) electrons. The summed E-state index contributed by atoms with van der Waals surface area (Å²) in [6.07, 6.45) is -0.190. The van der Waals surface area contributed by atoms with Crippen molar-refractivity contribution in [2.24, 2.45) is 0 Å². The van der Waals surface area contributed by atoms with Crippen molar-refractivity contribution >= 4 is 16.7 Å². The first kappa shape index (κ1) is 19.4. The van der Waals surface area contributed by atoms with Crippen LogP contribution in [0.2, 0.25) is 0 Å². The first-order valence-electron chi connectivity index (χ1n) is 10.6. The van der Waals surface area contributed by atoms with Crippen LogP contribution in [0, 0.1) is 0 Å². The Balaban J connectivity index is 1.87. The number of rotatable bonds is 4. The lowest BCUT2D eigenvalue weighted by Crippen LogP contribution is -2.16. The fourth-order valence-corrected chi connectivity index (χ4v) is 4.77. The highest BCUT2D eigenvalue weighted by atomic mass is 16.5. The third-order valence-electron chi connectivity index (χ3n) is 5.96. The van der Waals surface area contributed by atoms with Gasteiger partial charge in [-0.1, -0.05) is 66.7 Å². The molecule has 0 saturated carbocycles. The van der Waals surface area contributed by atoms with Crippen molar-refractivity contribution in [1.29, 1.82) is 0 Å². The van der Waals surface area contributed by atoms with Gasteiger partial charge in [0.1, 0.15) is 5.75 Å². The van der Waals surface area contributed by atoms with E-state index in [9.17, 15) is 4.79 Å². The van der Waals surface area contributed by atoms with Crippen LogP contribution in [0.1, 0.15) is 46.8 Å². The van der Waals surface area contributed by atoms with Crippen LogP contribution >= 0.6 is 0 Å². The summed E-state index contributed by atoms with van der Waals surface area (Å²) < 4.78 is 11.4. The van der Waals surface area contributed by atoms with E-state index in [0.29, 0.717) is 5.56 Å². The van der Waals surface area contributed by atoms with Crippen molar-refractivity contribution in [2.45, 2.75) is 25.9 Å². The lowest BCUT2D eigenvalue weighted by atomic mass is 9.82. The zero-order valence-electron chi connectivity index (χ0n) is 17.9. The number of hydrogen-bond donors (Lipinski definition) is 0. The van der Waals surface area contributed by atoms with Crippen LogP contribution < -0.4 is 4.74 Å². The highest BCUT2D eigenvalue weighted by Gasteiger charge is 2.36. The predicted molar refractivity (Wildman–Crippen MR) is 124 cm³/mol. The molecule has 0 aliphatic heterocycles. The fraction of sp³-hybridized carbons (Fsp3) is 0.179. The number of benzene rings is 4. The van der Waals surface area contributed by atoms with Gasteiger partial charge in [0.05, 0.1) is 18.8 Å². The summed E-state index contributed by atoms with van der Waals surface area (Å²) in [7, 11) is 1.70. The maximum absolute atomic E-state index is 13.2. The van der Waals surface area contributed by atoms with Gasteiger partial charge in [-0.3, -0.25) is 0 Å². The van der Waals surface area contributed by atoms with E-state index in [-0.39, 0.29) is 18.0 Å². The molecule has 0 heterocycles. The molecule has 0 saturated heterocycles. The first-order valence-corrected chi connectivity index (χ1v) is 10.6. The van der Waals surface area contributed by atoms with E-state index >= 15 is 0 Å². The van der Waals surface area contributed by atoms with E-state index in [2.05, 4.69) is 42.5 Å². The van der Waals surface area contributed by atoms with Gasteiger partial charge in [-0.15, -0.1) is 0 Å². The summed E-state index contributed by atoms with van der Waals surface area (Å²) in [5.41, 5.74) is 6.18. The zero-order valence-corrected chi connectivity index (χ0v) is 17.9. The van der Waals surface area contributed by atoms with Crippen LogP contribution in [0.5, 0.6) is 5.75 Å². The molecule has 3 nitrogen and oxygen atoms in total. The van der Waals surface area contributed by atoms with Crippen LogP contribution in [-0.4, -0.2) is 19.2 Å². The normalized spacial score (nSPS) is 14.4. The zero-order chi connectivity index (χ0) is 21.5. The Morgan fingerprint density at radius 1 is 0.806 bits per heavy atom. The maximum Gasteiger partial charge on any atom is 0.338 e. The molecule has 4 aromatic carbocycles. The molecule has 5 rings (SSSR count). The molecular weight excluding hydrogens is 384 g/mol. The minimum absolute atomic E-state index is 0.122. The number of fused-ring (bicyclic) bond motifs is 4. The summed E-state index contributed by atoms with van der Waals surface area (Å²) in [4.78, 5) is 13.2. The van der Waals surface area contributed by atoms with Gasteiger partial charge in [-0.25, -0.2) is 4.79 Å². The predicted octanol–water partition coefficient (Wildman–Crippen LogP) is 6.57. The Morgan fingerprint density at radius 3 is 2.35 bits per heavy atom. The van der Waals surface area contributed by atoms with Gasteiger partial charge in [0.2, 0.25) is 0 Å². The van der Waals surface area contributed by atoms with Gasteiger partial charge >= 0.3 is 5.97 Å². The molecule has 0 amide bonds. The van der Waals surface area contributed by atoms with Gasteiger partial charge < -0.3 is 9.47 Å². The summed E-state index contributed by atoms with van der Waals surface area (Å²) in [6, 6.07) is 26.7. The lowest BCUT2D eigenvalue weighted by Gasteiger charge is -2.22. The Kier molecular flexibility index (Phi) is 4.74. The van der Waals surface area contributed by atoms with Crippen LogP contribution in [0.15, 0.2) is 78.9 Å². The standard InChI is InChI=1S/C28H24O3/c1-17(2)31-28(29)23-16-15-18-9-4-5-10-19(18)25(23)27-22-12-7-6-11-20(22)21-13-8-14-24(30-3)26(21)27/h4-17,27H,1-3H3/t27-/m0/s1. The summed E-state index contributed by atoms with van der Waals surface area (Å²) in [6.45, 7) is 3.75. The molecule has 3 heteroatoms. The Hall–Kier alpha value is -3.59. The molecule has 0 fully saturated rings. The second-order valence-corrected chi connectivity index (χ2v) is 8.14. The number of ether oxygens (including phenoxy) is 2. The van der Waals surface area contributed by atoms with Gasteiger partial charge in [-0.05, 0) is 59.0 Å². The molecule has 1 aliphatic carbocycles. The molecule has 0 bridgehead atoms. The van der Waals surface area contributed by atoms with Crippen LogP contribution in [0.4, 0.5) is 0 Å². The SMILES string of the molecule is COc1cccc2c1[C@H](c1c(C(=O)OC(C)C)ccc3ccccc13)c1ccccc1-2. The third kappa shape index (κ3) is 3.09. The van der Waals surface area contributed by atoms with Crippen LogP contribution in [-0.2, 0) is 4.74 Å². The average Bonchev–Trinajstić information content (AvgIpc) is 3.12. The second kappa shape index (κ2) is 7.59. The highest BCUT2D eigenvalue weighted by molar-refractivity contribution is 6.01. The lowest BCUT2D eigenvalue weighted by molar-refractivity contribution is 0.0376. The molecule has 1 atom stereocenters. The fourth-order valence-electron chi connectivity index (χ4n) is 4.77. The van der Waals surface area contributed by atoms with Crippen LogP contribution in [0.25, 0.3) is 21.9 Å². The molecule has 0 unspecified atom stereocenters. The Morgan fingerprint density at radius 2 is 1.55 bits per heavy atom.